The minimum atomic E-state index is -5.70. The van der Waals surface area contributed by atoms with E-state index < -0.39 is 27.2 Å². The third kappa shape index (κ3) is 2.78. The molecule has 0 N–H and O–H groups in total. The van der Waals surface area contributed by atoms with Crippen molar-refractivity contribution in [2.75, 3.05) is 0 Å². The summed E-state index contributed by atoms with van der Waals surface area (Å²) in [5.41, 5.74) is -5.50. The molecule has 0 aliphatic rings. The first-order chi connectivity index (χ1) is 8.69. The number of hydrogen-bond donors (Lipinski definition) is 0. The van der Waals surface area contributed by atoms with Crippen LogP contribution >= 0.6 is 0 Å². The molecule has 0 fully saturated rings. The van der Waals surface area contributed by atoms with E-state index in [2.05, 4.69) is 4.18 Å². The van der Waals surface area contributed by atoms with Crippen molar-refractivity contribution in [1.82, 2.24) is 0 Å². The van der Waals surface area contributed by atoms with Crippen molar-refractivity contribution in [3.05, 3.63) is 42.2 Å². The molecule has 102 valence electrons. The molecule has 2 rings (SSSR count). The Bertz CT molecular complexity index is 722. The van der Waals surface area contributed by atoms with Gasteiger partial charge in [0, 0.05) is 0 Å². The molecule has 0 heterocycles. The molecular formula is C11H6F4O3S. The predicted molar refractivity (Wildman–Crippen MR) is 59.5 cm³/mol. The molecule has 0 aromatic heterocycles. The van der Waals surface area contributed by atoms with Crippen molar-refractivity contribution < 1.29 is 30.2 Å². The van der Waals surface area contributed by atoms with Crippen LogP contribution in [0.3, 0.4) is 0 Å². The normalized spacial score (nSPS) is 12.6. The van der Waals surface area contributed by atoms with Crippen molar-refractivity contribution in [2.24, 2.45) is 0 Å². The summed E-state index contributed by atoms with van der Waals surface area (Å²) >= 11 is 0. The summed E-state index contributed by atoms with van der Waals surface area (Å²) in [5, 5.41) is 0.771. The quantitative estimate of drug-likeness (QED) is 0.485. The summed E-state index contributed by atoms with van der Waals surface area (Å²) in [6.45, 7) is 0. The Morgan fingerprint density at radius 2 is 1.53 bits per heavy atom. The lowest BCUT2D eigenvalue weighted by Gasteiger charge is -2.09. The maximum absolute atomic E-state index is 12.9. The first kappa shape index (κ1) is 13.6. The number of halogens is 4. The molecule has 0 radical (unpaired) electrons. The Kier molecular flexibility index (Phi) is 3.13. The van der Waals surface area contributed by atoms with Crippen LogP contribution in [0.5, 0.6) is 5.75 Å². The molecule has 0 atom stereocenters. The minimum absolute atomic E-state index is 0.358. The molecule has 0 aliphatic heterocycles. The van der Waals surface area contributed by atoms with Crippen molar-refractivity contribution in [3.8, 4) is 5.75 Å². The number of alkyl halides is 3. The van der Waals surface area contributed by atoms with Crippen LogP contribution < -0.4 is 4.18 Å². The van der Waals surface area contributed by atoms with Gasteiger partial charge in [0.05, 0.1) is 0 Å². The van der Waals surface area contributed by atoms with Crippen LogP contribution in [-0.4, -0.2) is 13.9 Å². The van der Waals surface area contributed by atoms with Gasteiger partial charge in [-0.2, -0.15) is 21.6 Å². The van der Waals surface area contributed by atoms with Gasteiger partial charge in [-0.15, -0.1) is 0 Å². The molecule has 2 aromatic rings. The summed E-state index contributed by atoms with van der Waals surface area (Å²) in [7, 11) is -5.70. The van der Waals surface area contributed by atoms with E-state index in [0.29, 0.717) is 10.8 Å². The van der Waals surface area contributed by atoms with Crippen LogP contribution in [0.15, 0.2) is 36.4 Å². The molecule has 8 heteroatoms. The molecular weight excluding hydrogens is 288 g/mol. The summed E-state index contributed by atoms with van der Waals surface area (Å²) in [6, 6.07) is 6.93. The van der Waals surface area contributed by atoms with Crippen LogP contribution in [0.25, 0.3) is 10.8 Å². The highest BCUT2D eigenvalue weighted by Crippen LogP contribution is 2.28. The first-order valence-corrected chi connectivity index (χ1v) is 6.30. The third-order valence-corrected chi connectivity index (χ3v) is 3.24. The topological polar surface area (TPSA) is 43.4 Å². The van der Waals surface area contributed by atoms with E-state index >= 15 is 0 Å². The van der Waals surface area contributed by atoms with Gasteiger partial charge in [-0.05, 0) is 35.0 Å². The second-order valence-electron chi connectivity index (χ2n) is 3.64. The van der Waals surface area contributed by atoms with Crippen LogP contribution in [0, 0.1) is 5.82 Å². The average molecular weight is 294 g/mol. The van der Waals surface area contributed by atoms with Crippen LogP contribution in [0.1, 0.15) is 0 Å². The van der Waals surface area contributed by atoms with E-state index in [-0.39, 0.29) is 0 Å². The van der Waals surface area contributed by atoms with Gasteiger partial charge >= 0.3 is 15.6 Å². The zero-order valence-electron chi connectivity index (χ0n) is 9.11. The van der Waals surface area contributed by atoms with Crippen molar-refractivity contribution in [2.45, 2.75) is 5.51 Å². The van der Waals surface area contributed by atoms with Gasteiger partial charge in [0.2, 0.25) is 0 Å². The van der Waals surface area contributed by atoms with Crippen LogP contribution in [0.4, 0.5) is 17.6 Å². The summed E-state index contributed by atoms with van der Waals surface area (Å²) in [6.07, 6.45) is 0. The SMILES string of the molecule is O=S(=O)(Oc1ccc2cc(F)ccc2c1)C(F)(F)F. The smallest absolute Gasteiger partial charge is 0.376 e. The number of fused-ring (bicyclic) bond motifs is 1. The Labute approximate surface area is 105 Å². The zero-order valence-corrected chi connectivity index (χ0v) is 9.93. The summed E-state index contributed by atoms with van der Waals surface area (Å²) in [5.74, 6) is -1.000. The minimum Gasteiger partial charge on any atom is -0.376 e. The van der Waals surface area contributed by atoms with E-state index in [9.17, 15) is 26.0 Å². The average Bonchev–Trinajstić information content (AvgIpc) is 2.27. The van der Waals surface area contributed by atoms with Gasteiger partial charge in [-0.1, -0.05) is 12.1 Å². The zero-order chi connectivity index (χ0) is 14.3. The van der Waals surface area contributed by atoms with Crippen molar-refractivity contribution in [3.63, 3.8) is 0 Å². The number of benzene rings is 2. The standard InChI is InChI=1S/C11H6F4O3S/c12-9-3-1-8-6-10(4-2-7(8)5-9)18-19(16,17)11(13,14)15/h1-6H. The maximum atomic E-state index is 12.9. The van der Waals surface area contributed by atoms with Crippen molar-refractivity contribution >= 4 is 20.9 Å². The van der Waals surface area contributed by atoms with Gasteiger partial charge in [-0.25, -0.2) is 4.39 Å². The van der Waals surface area contributed by atoms with E-state index in [1.807, 2.05) is 0 Å². The largest absolute Gasteiger partial charge is 0.534 e. The van der Waals surface area contributed by atoms with Crippen LogP contribution in [-0.2, 0) is 10.1 Å². The van der Waals surface area contributed by atoms with Crippen molar-refractivity contribution in [1.29, 1.82) is 0 Å². The van der Waals surface area contributed by atoms with Gasteiger partial charge in [0.1, 0.15) is 11.6 Å². The van der Waals surface area contributed by atoms with E-state index in [0.717, 1.165) is 24.3 Å². The Morgan fingerprint density at radius 3 is 2.16 bits per heavy atom. The molecule has 3 nitrogen and oxygen atoms in total. The molecule has 2 aromatic carbocycles. The second-order valence-corrected chi connectivity index (χ2v) is 5.17. The van der Waals surface area contributed by atoms with Gasteiger partial charge in [0.25, 0.3) is 0 Å². The fraction of sp³-hybridized carbons (Fsp3) is 0.0909. The Hall–Kier alpha value is -1.83. The second kappa shape index (κ2) is 4.37. The lowest BCUT2D eigenvalue weighted by atomic mass is 10.1. The summed E-state index contributed by atoms with van der Waals surface area (Å²) in [4.78, 5) is 0. The monoisotopic (exact) mass is 294 g/mol. The first-order valence-electron chi connectivity index (χ1n) is 4.89. The highest BCUT2D eigenvalue weighted by molar-refractivity contribution is 7.88. The number of rotatable bonds is 2. The predicted octanol–water partition coefficient (Wildman–Crippen LogP) is 3.21. The molecule has 0 unspecified atom stereocenters. The lowest BCUT2D eigenvalue weighted by molar-refractivity contribution is -0.0500. The summed E-state index contributed by atoms with van der Waals surface area (Å²) < 4.78 is 74.8. The van der Waals surface area contributed by atoms with Crippen LogP contribution in [0.2, 0.25) is 0 Å². The Morgan fingerprint density at radius 1 is 0.947 bits per heavy atom. The van der Waals surface area contributed by atoms with E-state index in [1.54, 1.807) is 0 Å². The highest BCUT2D eigenvalue weighted by Gasteiger charge is 2.48. The molecule has 0 saturated heterocycles. The molecule has 0 bridgehead atoms. The fourth-order valence-electron chi connectivity index (χ4n) is 1.42. The maximum Gasteiger partial charge on any atom is 0.534 e. The van der Waals surface area contributed by atoms with E-state index in [1.165, 1.54) is 12.1 Å². The fourth-order valence-corrected chi connectivity index (χ4v) is 1.87. The molecule has 0 aliphatic carbocycles. The van der Waals surface area contributed by atoms with Gasteiger partial charge in [0.15, 0.2) is 0 Å². The molecule has 0 amide bonds. The molecule has 0 spiro atoms. The number of hydrogen-bond acceptors (Lipinski definition) is 3. The van der Waals surface area contributed by atoms with Gasteiger partial charge in [-0.3, -0.25) is 0 Å². The highest BCUT2D eigenvalue weighted by atomic mass is 32.2. The molecule has 0 saturated carbocycles. The Balaban J connectivity index is 2.40. The molecule has 19 heavy (non-hydrogen) atoms. The lowest BCUT2D eigenvalue weighted by Crippen LogP contribution is -2.28. The van der Waals surface area contributed by atoms with Gasteiger partial charge < -0.3 is 4.18 Å². The van der Waals surface area contributed by atoms with E-state index in [4.69, 9.17) is 0 Å². The third-order valence-electron chi connectivity index (χ3n) is 2.26.